The van der Waals surface area contributed by atoms with Crippen LogP contribution in [0, 0.1) is 6.92 Å². The molecule has 2 aliphatic rings. The summed E-state index contributed by atoms with van der Waals surface area (Å²) in [5.74, 6) is -0.0303. The van der Waals surface area contributed by atoms with Gasteiger partial charge in [-0.1, -0.05) is 37.0 Å². The predicted molar refractivity (Wildman–Crippen MR) is 110 cm³/mol. The number of ether oxygens (including phenoxy) is 1. The van der Waals surface area contributed by atoms with Crippen molar-refractivity contribution in [2.75, 3.05) is 6.61 Å². The van der Waals surface area contributed by atoms with Gasteiger partial charge in [0, 0.05) is 6.04 Å². The number of aliphatic hydroxyl groups is 1. The minimum absolute atomic E-state index is 0.0303. The van der Waals surface area contributed by atoms with E-state index in [1.165, 1.54) is 6.42 Å². The molecule has 1 saturated carbocycles. The smallest absolute Gasteiger partial charge is 0.240 e. The standard InChI is InChI=1S/C21H32N2O5S/c1-15-7-10-18(11-8-15)29(26,27)23-19-12-9-17(28-20(19)14-24)13-21(25)22-16-5-3-2-4-6-16/h7-8,10-11,16-17,19-20,23-24H,2-6,9,12-14H2,1H3,(H,22,25)/t17-,19+,20-/m0/s1. The van der Waals surface area contributed by atoms with Gasteiger partial charge in [0.15, 0.2) is 0 Å². The molecule has 1 aromatic carbocycles. The van der Waals surface area contributed by atoms with Crippen LogP contribution < -0.4 is 10.0 Å². The first-order valence-electron chi connectivity index (χ1n) is 10.5. The van der Waals surface area contributed by atoms with Gasteiger partial charge in [0.25, 0.3) is 0 Å². The largest absolute Gasteiger partial charge is 0.394 e. The van der Waals surface area contributed by atoms with Gasteiger partial charge in [0.2, 0.25) is 15.9 Å². The summed E-state index contributed by atoms with van der Waals surface area (Å²) in [6, 6.07) is 6.35. The van der Waals surface area contributed by atoms with E-state index in [1.807, 2.05) is 6.92 Å². The minimum atomic E-state index is -3.70. The highest BCUT2D eigenvalue weighted by molar-refractivity contribution is 7.89. The van der Waals surface area contributed by atoms with Crippen molar-refractivity contribution in [2.45, 2.75) is 87.5 Å². The van der Waals surface area contributed by atoms with Crippen molar-refractivity contribution >= 4 is 15.9 Å². The second kappa shape index (κ2) is 10.0. The van der Waals surface area contributed by atoms with Gasteiger partial charge in [-0.25, -0.2) is 13.1 Å². The Hall–Kier alpha value is -1.48. The summed E-state index contributed by atoms with van der Waals surface area (Å²) in [5, 5.41) is 12.8. The molecule has 1 aliphatic carbocycles. The Kier molecular flexibility index (Phi) is 7.67. The lowest BCUT2D eigenvalue weighted by Gasteiger charge is -2.36. The van der Waals surface area contributed by atoms with Gasteiger partial charge in [0.05, 0.1) is 36.2 Å². The van der Waals surface area contributed by atoms with Crippen LogP contribution in [0.25, 0.3) is 0 Å². The fourth-order valence-corrected chi connectivity index (χ4v) is 5.44. The van der Waals surface area contributed by atoms with E-state index < -0.39 is 22.2 Å². The molecule has 1 saturated heterocycles. The van der Waals surface area contributed by atoms with E-state index in [9.17, 15) is 18.3 Å². The molecule has 7 nitrogen and oxygen atoms in total. The molecule has 162 valence electrons. The van der Waals surface area contributed by atoms with Crippen molar-refractivity contribution in [1.82, 2.24) is 10.0 Å². The van der Waals surface area contributed by atoms with Crippen LogP contribution in [0.1, 0.15) is 56.9 Å². The number of hydrogen-bond acceptors (Lipinski definition) is 5. The molecule has 29 heavy (non-hydrogen) atoms. The summed E-state index contributed by atoms with van der Waals surface area (Å²) in [4.78, 5) is 12.5. The van der Waals surface area contributed by atoms with E-state index in [0.717, 1.165) is 31.2 Å². The third-order valence-electron chi connectivity index (χ3n) is 5.82. The molecule has 1 heterocycles. The lowest BCUT2D eigenvalue weighted by molar-refractivity contribution is -0.131. The maximum atomic E-state index is 12.6. The average molecular weight is 425 g/mol. The van der Waals surface area contributed by atoms with Gasteiger partial charge < -0.3 is 15.2 Å². The van der Waals surface area contributed by atoms with Crippen LogP contribution in [0.4, 0.5) is 0 Å². The number of sulfonamides is 1. The lowest BCUT2D eigenvalue weighted by atomic mass is 9.94. The van der Waals surface area contributed by atoms with E-state index in [-0.39, 0.29) is 36.0 Å². The number of carbonyl (C=O) groups is 1. The van der Waals surface area contributed by atoms with Crippen molar-refractivity contribution in [1.29, 1.82) is 0 Å². The van der Waals surface area contributed by atoms with E-state index in [1.54, 1.807) is 24.3 Å². The molecular weight excluding hydrogens is 392 g/mol. The second-order valence-electron chi connectivity index (χ2n) is 8.20. The van der Waals surface area contributed by atoms with Gasteiger partial charge in [-0.2, -0.15) is 0 Å². The number of rotatable bonds is 7. The summed E-state index contributed by atoms with van der Waals surface area (Å²) in [5.41, 5.74) is 0.979. The van der Waals surface area contributed by atoms with Gasteiger partial charge in [-0.05, 0) is 44.7 Å². The molecule has 3 rings (SSSR count). The van der Waals surface area contributed by atoms with Crippen LogP contribution in [0.15, 0.2) is 29.2 Å². The first kappa shape index (κ1) is 22.2. The van der Waals surface area contributed by atoms with Crippen LogP contribution in [0.5, 0.6) is 0 Å². The van der Waals surface area contributed by atoms with Gasteiger partial charge in [0.1, 0.15) is 0 Å². The van der Waals surface area contributed by atoms with E-state index >= 15 is 0 Å². The fourth-order valence-electron chi connectivity index (χ4n) is 4.14. The van der Waals surface area contributed by atoms with Crippen molar-refractivity contribution in [2.24, 2.45) is 0 Å². The molecule has 0 unspecified atom stereocenters. The molecule has 1 aromatic rings. The zero-order valence-corrected chi connectivity index (χ0v) is 17.8. The summed E-state index contributed by atoms with van der Waals surface area (Å²) in [6.07, 6.45) is 5.93. The number of aryl methyl sites for hydroxylation is 1. The Balaban J connectivity index is 1.53. The zero-order chi connectivity index (χ0) is 20.9. The second-order valence-corrected chi connectivity index (χ2v) is 9.92. The Morgan fingerprint density at radius 3 is 2.45 bits per heavy atom. The third-order valence-corrected chi connectivity index (χ3v) is 7.32. The number of aliphatic hydroxyl groups excluding tert-OH is 1. The van der Waals surface area contributed by atoms with Gasteiger partial charge >= 0.3 is 0 Å². The number of nitrogens with one attached hydrogen (secondary N) is 2. The van der Waals surface area contributed by atoms with Gasteiger partial charge in [-0.15, -0.1) is 0 Å². The summed E-state index contributed by atoms with van der Waals surface area (Å²) in [6.45, 7) is 1.59. The van der Waals surface area contributed by atoms with Crippen molar-refractivity contribution in [3.05, 3.63) is 29.8 Å². The molecule has 0 spiro atoms. The zero-order valence-electron chi connectivity index (χ0n) is 17.0. The quantitative estimate of drug-likeness (QED) is 0.621. The molecule has 0 aromatic heterocycles. The third kappa shape index (κ3) is 6.25. The molecule has 0 radical (unpaired) electrons. The van der Waals surface area contributed by atoms with Crippen molar-refractivity contribution < 1.29 is 23.1 Å². The molecule has 1 aliphatic heterocycles. The number of hydrogen-bond donors (Lipinski definition) is 3. The Bertz CT molecular complexity index is 775. The van der Waals surface area contributed by atoms with E-state index in [0.29, 0.717) is 12.8 Å². The van der Waals surface area contributed by atoms with Crippen molar-refractivity contribution in [3.63, 3.8) is 0 Å². The highest BCUT2D eigenvalue weighted by atomic mass is 32.2. The SMILES string of the molecule is Cc1ccc(S(=O)(=O)N[C@@H]2CC[C@@H](CC(=O)NC3CCCCC3)O[C@H]2CO)cc1. The molecule has 3 N–H and O–H groups in total. The van der Waals surface area contributed by atoms with Gasteiger partial charge in [-0.3, -0.25) is 4.79 Å². The van der Waals surface area contributed by atoms with Crippen LogP contribution >= 0.6 is 0 Å². The molecule has 0 bridgehead atoms. The predicted octanol–water partition coefficient (Wildman–Crippen LogP) is 2.02. The molecule has 1 amide bonds. The summed E-state index contributed by atoms with van der Waals surface area (Å²) >= 11 is 0. The normalized spacial score (nSPS) is 26.2. The van der Waals surface area contributed by atoms with Crippen LogP contribution in [-0.2, 0) is 19.6 Å². The number of amides is 1. The maximum absolute atomic E-state index is 12.6. The molecule has 3 atom stereocenters. The maximum Gasteiger partial charge on any atom is 0.240 e. The van der Waals surface area contributed by atoms with Crippen LogP contribution in [-0.4, -0.2) is 50.3 Å². The molecule has 2 fully saturated rings. The van der Waals surface area contributed by atoms with E-state index in [2.05, 4.69) is 10.0 Å². The topological polar surface area (TPSA) is 105 Å². The first-order valence-corrected chi connectivity index (χ1v) is 12.0. The Labute approximate surface area is 173 Å². The fraction of sp³-hybridized carbons (Fsp3) is 0.667. The lowest BCUT2D eigenvalue weighted by Crippen LogP contribution is -2.51. The highest BCUT2D eigenvalue weighted by Gasteiger charge is 2.35. The first-order chi connectivity index (χ1) is 13.9. The summed E-state index contributed by atoms with van der Waals surface area (Å²) in [7, 11) is -3.70. The number of carbonyl (C=O) groups excluding carboxylic acids is 1. The van der Waals surface area contributed by atoms with E-state index in [4.69, 9.17) is 4.74 Å². The minimum Gasteiger partial charge on any atom is -0.394 e. The monoisotopic (exact) mass is 424 g/mol. The highest BCUT2D eigenvalue weighted by Crippen LogP contribution is 2.24. The molecule has 8 heteroatoms. The number of benzene rings is 1. The van der Waals surface area contributed by atoms with Crippen LogP contribution in [0.2, 0.25) is 0 Å². The average Bonchev–Trinajstić information content (AvgIpc) is 2.70. The Morgan fingerprint density at radius 1 is 1.10 bits per heavy atom. The molecular formula is C21H32N2O5S. The summed E-state index contributed by atoms with van der Waals surface area (Å²) < 4.78 is 33.8. The van der Waals surface area contributed by atoms with Crippen molar-refractivity contribution in [3.8, 4) is 0 Å². The Morgan fingerprint density at radius 2 is 1.79 bits per heavy atom. The van der Waals surface area contributed by atoms with Crippen LogP contribution in [0.3, 0.4) is 0 Å².